The zero-order valence-corrected chi connectivity index (χ0v) is 5.64. The van der Waals surface area contributed by atoms with Gasteiger partial charge in [-0.1, -0.05) is 0 Å². The molecule has 1 aromatic heterocycles. The number of nitrogens with zero attached hydrogens (tertiary/aromatic N) is 3. The van der Waals surface area contributed by atoms with E-state index in [1.165, 1.54) is 18.6 Å². The van der Waals surface area contributed by atoms with Crippen LogP contribution >= 0.6 is 0 Å². The summed E-state index contributed by atoms with van der Waals surface area (Å²) in [6.45, 7) is 0. The number of carbonyl (C=O) groups excluding carboxylic acids is 1. The van der Waals surface area contributed by atoms with Crippen molar-refractivity contribution in [2.24, 2.45) is 0 Å². The molecule has 0 aliphatic carbocycles. The molecule has 0 aliphatic rings. The molecule has 0 radical (unpaired) electrons. The molecular formula is C7H5N3O. The number of rotatable bonds is 2. The molecule has 0 amide bonds. The molecule has 1 atom stereocenters. The summed E-state index contributed by atoms with van der Waals surface area (Å²) in [6, 6.07) is 1.80. The second kappa shape index (κ2) is 3.42. The zero-order valence-electron chi connectivity index (χ0n) is 5.64. The SMILES string of the molecule is N#C[C@@H](C=O)c1cnccn1. The van der Waals surface area contributed by atoms with E-state index in [0.29, 0.717) is 12.0 Å². The van der Waals surface area contributed by atoms with Crippen molar-refractivity contribution in [3.05, 3.63) is 24.3 Å². The molecule has 1 heterocycles. The average Bonchev–Trinajstić information content (AvgIpc) is 2.09. The highest BCUT2D eigenvalue weighted by molar-refractivity contribution is 5.64. The van der Waals surface area contributed by atoms with E-state index in [1.54, 1.807) is 6.07 Å². The van der Waals surface area contributed by atoms with Gasteiger partial charge in [0, 0.05) is 12.4 Å². The Morgan fingerprint density at radius 1 is 1.64 bits per heavy atom. The monoisotopic (exact) mass is 147 g/mol. The molecule has 11 heavy (non-hydrogen) atoms. The Morgan fingerprint density at radius 3 is 2.91 bits per heavy atom. The number of hydrogen-bond acceptors (Lipinski definition) is 4. The van der Waals surface area contributed by atoms with E-state index in [1.807, 2.05) is 0 Å². The van der Waals surface area contributed by atoms with E-state index >= 15 is 0 Å². The maximum Gasteiger partial charge on any atom is 0.145 e. The predicted molar refractivity (Wildman–Crippen MR) is 36.5 cm³/mol. The molecule has 0 aliphatic heterocycles. The fraction of sp³-hybridized carbons (Fsp3) is 0.143. The van der Waals surface area contributed by atoms with Crippen LogP contribution in [0.3, 0.4) is 0 Å². The van der Waals surface area contributed by atoms with Gasteiger partial charge in [0.05, 0.1) is 18.0 Å². The summed E-state index contributed by atoms with van der Waals surface area (Å²) in [5, 5.41) is 8.43. The van der Waals surface area contributed by atoms with Crippen molar-refractivity contribution < 1.29 is 4.79 Å². The molecule has 1 aromatic rings. The second-order valence-corrected chi connectivity index (χ2v) is 1.87. The Hall–Kier alpha value is -1.76. The minimum atomic E-state index is -0.788. The molecule has 0 N–H and O–H groups in total. The van der Waals surface area contributed by atoms with Gasteiger partial charge in [-0.25, -0.2) is 0 Å². The van der Waals surface area contributed by atoms with Crippen LogP contribution in [0.5, 0.6) is 0 Å². The van der Waals surface area contributed by atoms with E-state index in [-0.39, 0.29) is 0 Å². The second-order valence-electron chi connectivity index (χ2n) is 1.87. The fourth-order valence-electron chi connectivity index (χ4n) is 0.638. The summed E-state index contributed by atoms with van der Waals surface area (Å²) in [4.78, 5) is 17.8. The first-order valence-electron chi connectivity index (χ1n) is 2.99. The standard InChI is InChI=1S/C7H5N3O/c8-3-6(5-11)7-4-9-1-2-10-7/h1-2,4-6H/t6-/m0/s1. The molecule has 4 heteroatoms. The van der Waals surface area contributed by atoms with Crippen LogP contribution in [0.25, 0.3) is 0 Å². The third-order valence-electron chi connectivity index (χ3n) is 1.18. The fourth-order valence-corrected chi connectivity index (χ4v) is 0.638. The first-order chi connectivity index (χ1) is 5.38. The molecule has 0 bridgehead atoms. The van der Waals surface area contributed by atoms with Gasteiger partial charge < -0.3 is 4.79 Å². The maximum absolute atomic E-state index is 10.2. The van der Waals surface area contributed by atoms with Crippen LogP contribution in [-0.2, 0) is 4.79 Å². The summed E-state index contributed by atoms with van der Waals surface area (Å²) in [5.41, 5.74) is 0.394. The van der Waals surface area contributed by atoms with Crippen LogP contribution < -0.4 is 0 Å². The maximum atomic E-state index is 10.2. The minimum Gasteiger partial charge on any atom is -0.301 e. The lowest BCUT2D eigenvalue weighted by atomic mass is 10.1. The van der Waals surface area contributed by atoms with Crippen molar-refractivity contribution >= 4 is 6.29 Å². The van der Waals surface area contributed by atoms with Crippen molar-refractivity contribution in [3.8, 4) is 6.07 Å². The van der Waals surface area contributed by atoms with E-state index < -0.39 is 5.92 Å². The zero-order chi connectivity index (χ0) is 8.10. The van der Waals surface area contributed by atoms with E-state index in [9.17, 15) is 4.79 Å². The van der Waals surface area contributed by atoms with Gasteiger partial charge in [-0.15, -0.1) is 0 Å². The van der Waals surface area contributed by atoms with Crippen molar-refractivity contribution in [3.63, 3.8) is 0 Å². The van der Waals surface area contributed by atoms with Gasteiger partial charge in [0.15, 0.2) is 0 Å². The number of carbonyl (C=O) groups is 1. The molecule has 4 nitrogen and oxygen atoms in total. The smallest absolute Gasteiger partial charge is 0.145 e. The van der Waals surface area contributed by atoms with Crippen molar-refractivity contribution in [1.82, 2.24) is 9.97 Å². The van der Waals surface area contributed by atoms with E-state index in [2.05, 4.69) is 9.97 Å². The van der Waals surface area contributed by atoms with Crippen LogP contribution in [-0.4, -0.2) is 16.3 Å². The third kappa shape index (κ3) is 1.58. The van der Waals surface area contributed by atoms with E-state index in [0.717, 1.165) is 0 Å². The molecule has 0 unspecified atom stereocenters. The molecular weight excluding hydrogens is 142 g/mol. The van der Waals surface area contributed by atoms with Gasteiger partial charge in [0.2, 0.25) is 0 Å². The Kier molecular flexibility index (Phi) is 2.28. The number of nitriles is 1. The quantitative estimate of drug-likeness (QED) is 0.563. The van der Waals surface area contributed by atoms with Gasteiger partial charge >= 0.3 is 0 Å². The molecule has 54 valence electrons. The van der Waals surface area contributed by atoms with Crippen molar-refractivity contribution in [1.29, 1.82) is 5.26 Å². The Labute approximate surface area is 63.5 Å². The average molecular weight is 147 g/mol. The highest BCUT2D eigenvalue weighted by Crippen LogP contribution is 2.05. The van der Waals surface area contributed by atoms with Gasteiger partial charge in [-0.05, 0) is 0 Å². The van der Waals surface area contributed by atoms with E-state index in [4.69, 9.17) is 5.26 Å². The van der Waals surface area contributed by atoms with Crippen LogP contribution in [0.1, 0.15) is 11.6 Å². The van der Waals surface area contributed by atoms with Crippen molar-refractivity contribution in [2.45, 2.75) is 5.92 Å². The largest absolute Gasteiger partial charge is 0.301 e. The highest BCUT2D eigenvalue weighted by Gasteiger charge is 2.08. The molecule has 0 aromatic carbocycles. The van der Waals surface area contributed by atoms with Crippen LogP contribution in [0.15, 0.2) is 18.6 Å². The summed E-state index contributed by atoms with van der Waals surface area (Å²) in [7, 11) is 0. The topological polar surface area (TPSA) is 66.6 Å². The first-order valence-corrected chi connectivity index (χ1v) is 2.99. The summed E-state index contributed by atoms with van der Waals surface area (Å²) < 4.78 is 0. The lowest BCUT2D eigenvalue weighted by Crippen LogP contribution is -1.99. The van der Waals surface area contributed by atoms with Crippen LogP contribution in [0, 0.1) is 11.3 Å². The van der Waals surface area contributed by atoms with Gasteiger partial charge in [0.25, 0.3) is 0 Å². The Bertz CT molecular complexity index is 277. The van der Waals surface area contributed by atoms with Gasteiger partial charge in [0.1, 0.15) is 12.2 Å². The van der Waals surface area contributed by atoms with Crippen molar-refractivity contribution in [2.75, 3.05) is 0 Å². The molecule has 0 saturated heterocycles. The predicted octanol–water partition coefficient (Wildman–Crippen LogP) is 0.283. The Morgan fingerprint density at radius 2 is 2.45 bits per heavy atom. The normalized spacial score (nSPS) is 11.5. The lowest BCUT2D eigenvalue weighted by molar-refractivity contribution is -0.108. The minimum absolute atomic E-state index is 0.394. The summed E-state index contributed by atoms with van der Waals surface area (Å²) >= 11 is 0. The molecule has 0 saturated carbocycles. The van der Waals surface area contributed by atoms with Crippen LogP contribution in [0.4, 0.5) is 0 Å². The van der Waals surface area contributed by atoms with Crippen LogP contribution in [0.2, 0.25) is 0 Å². The molecule has 0 spiro atoms. The molecule has 0 fully saturated rings. The number of aldehydes is 1. The number of hydrogen-bond donors (Lipinski definition) is 0. The van der Waals surface area contributed by atoms with Gasteiger partial charge in [-0.2, -0.15) is 5.26 Å². The summed E-state index contributed by atoms with van der Waals surface area (Å²) in [5.74, 6) is -0.788. The van der Waals surface area contributed by atoms with Gasteiger partial charge in [-0.3, -0.25) is 9.97 Å². The third-order valence-corrected chi connectivity index (χ3v) is 1.18. The first kappa shape index (κ1) is 7.35. The lowest BCUT2D eigenvalue weighted by Gasteiger charge is -1.96. The summed E-state index contributed by atoms with van der Waals surface area (Å²) in [6.07, 6.45) is 4.89. The Balaban J connectivity index is 2.93. The highest BCUT2D eigenvalue weighted by atomic mass is 16.1. The number of aromatic nitrogens is 2. The molecule has 1 rings (SSSR count).